The molecular weight excluding hydrogens is 200 g/mol. The number of benzene rings is 1. The van der Waals surface area contributed by atoms with Crippen LogP contribution in [0.1, 0.15) is 6.42 Å². The number of hydrogen-bond acceptors (Lipinski definition) is 3. The van der Waals surface area contributed by atoms with Gasteiger partial charge in [-0.25, -0.2) is 0 Å². The Bertz CT molecular complexity index is 336. The Morgan fingerprint density at radius 3 is 2.79 bits per heavy atom. The Hall–Kier alpha value is -1.06. The third-order valence-electron chi connectivity index (χ3n) is 2.23. The van der Waals surface area contributed by atoms with Crippen molar-refractivity contribution < 1.29 is 5.11 Å². The SMILES string of the molecule is OCC1CC=NN1c1ccc(Cl)cc1. The van der Waals surface area contributed by atoms with Crippen molar-refractivity contribution in [2.24, 2.45) is 5.10 Å². The van der Waals surface area contributed by atoms with Crippen LogP contribution in [0.4, 0.5) is 5.69 Å². The number of halogens is 1. The van der Waals surface area contributed by atoms with Crippen molar-refractivity contribution in [2.45, 2.75) is 12.5 Å². The first-order valence-electron chi connectivity index (χ1n) is 4.49. The fraction of sp³-hybridized carbons (Fsp3) is 0.300. The van der Waals surface area contributed by atoms with Crippen molar-refractivity contribution in [1.82, 2.24) is 0 Å². The van der Waals surface area contributed by atoms with Gasteiger partial charge in [0.2, 0.25) is 0 Å². The van der Waals surface area contributed by atoms with E-state index in [4.69, 9.17) is 16.7 Å². The van der Waals surface area contributed by atoms with Crippen molar-refractivity contribution in [1.29, 1.82) is 0 Å². The summed E-state index contributed by atoms with van der Waals surface area (Å²) in [5, 5.41) is 15.8. The predicted octanol–water partition coefficient (Wildman–Crippen LogP) is 1.90. The highest BCUT2D eigenvalue weighted by Crippen LogP contribution is 2.23. The van der Waals surface area contributed by atoms with Crippen molar-refractivity contribution in [2.75, 3.05) is 11.6 Å². The Kier molecular flexibility index (Phi) is 2.70. The average molecular weight is 211 g/mol. The summed E-state index contributed by atoms with van der Waals surface area (Å²) in [7, 11) is 0. The number of nitrogens with zero attached hydrogens (tertiary/aromatic N) is 2. The van der Waals surface area contributed by atoms with E-state index in [1.54, 1.807) is 0 Å². The Balaban J connectivity index is 2.22. The maximum absolute atomic E-state index is 9.10. The number of anilines is 1. The van der Waals surface area contributed by atoms with Crippen molar-refractivity contribution in [3.05, 3.63) is 29.3 Å². The lowest BCUT2D eigenvalue weighted by Crippen LogP contribution is -2.29. The van der Waals surface area contributed by atoms with E-state index < -0.39 is 0 Å². The van der Waals surface area contributed by atoms with Gasteiger partial charge in [0.05, 0.1) is 18.3 Å². The first kappa shape index (κ1) is 9.49. The third-order valence-corrected chi connectivity index (χ3v) is 2.48. The summed E-state index contributed by atoms with van der Waals surface area (Å²) in [6, 6.07) is 7.50. The lowest BCUT2D eigenvalue weighted by atomic mass is 10.2. The quantitative estimate of drug-likeness (QED) is 0.810. The molecule has 0 saturated heterocycles. The van der Waals surface area contributed by atoms with Gasteiger partial charge in [-0.2, -0.15) is 5.10 Å². The van der Waals surface area contributed by atoms with Gasteiger partial charge < -0.3 is 5.11 Å². The fourth-order valence-electron chi connectivity index (χ4n) is 1.47. The molecule has 4 heteroatoms. The molecular formula is C10H11ClN2O. The molecule has 1 aliphatic rings. The zero-order valence-electron chi connectivity index (χ0n) is 7.60. The van der Waals surface area contributed by atoms with Gasteiger partial charge in [-0.3, -0.25) is 5.01 Å². The van der Waals surface area contributed by atoms with Crippen LogP contribution < -0.4 is 5.01 Å². The monoisotopic (exact) mass is 210 g/mol. The van der Waals surface area contributed by atoms with Crippen LogP contribution in [0.5, 0.6) is 0 Å². The summed E-state index contributed by atoms with van der Waals surface area (Å²) in [4.78, 5) is 0. The van der Waals surface area contributed by atoms with Gasteiger partial charge in [-0.15, -0.1) is 0 Å². The largest absolute Gasteiger partial charge is 0.394 e. The molecule has 1 atom stereocenters. The second-order valence-corrected chi connectivity index (χ2v) is 3.63. The Morgan fingerprint density at radius 2 is 2.14 bits per heavy atom. The maximum Gasteiger partial charge on any atom is 0.0806 e. The predicted molar refractivity (Wildman–Crippen MR) is 57.9 cm³/mol. The molecule has 1 heterocycles. The summed E-state index contributed by atoms with van der Waals surface area (Å²) in [5.41, 5.74) is 0.960. The average Bonchev–Trinajstić information content (AvgIpc) is 2.67. The summed E-state index contributed by atoms with van der Waals surface area (Å²) in [6.07, 6.45) is 2.61. The molecule has 0 saturated carbocycles. The molecule has 0 spiro atoms. The van der Waals surface area contributed by atoms with Crippen LogP contribution in [0.3, 0.4) is 0 Å². The molecule has 74 valence electrons. The van der Waals surface area contributed by atoms with Gasteiger partial charge in [-0.1, -0.05) is 11.6 Å². The Morgan fingerprint density at radius 1 is 1.43 bits per heavy atom. The molecule has 1 aromatic rings. The van der Waals surface area contributed by atoms with E-state index in [9.17, 15) is 0 Å². The molecule has 0 amide bonds. The highest BCUT2D eigenvalue weighted by molar-refractivity contribution is 6.30. The number of aliphatic hydroxyl groups is 1. The molecule has 0 aliphatic carbocycles. The van der Waals surface area contributed by atoms with Gasteiger partial charge >= 0.3 is 0 Å². The molecule has 0 radical (unpaired) electrons. The summed E-state index contributed by atoms with van der Waals surface area (Å²) in [5.74, 6) is 0. The van der Waals surface area contributed by atoms with E-state index in [0.717, 1.165) is 12.1 Å². The fourth-order valence-corrected chi connectivity index (χ4v) is 1.60. The first-order chi connectivity index (χ1) is 6.81. The van der Waals surface area contributed by atoms with Crippen LogP contribution in [-0.2, 0) is 0 Å². The van der Waals surface area contributed by atoms with Gasteiger partial charge in [0, 0.05) is 17.7 Å². The molecule has 1 unspecified atom stereocenters. The zero-order valence-corrected chi connectivity index (χ0v) is 8.35. The van der Waals surface area contributed by atoms with Crippen LogP contribution in [0.15, 0.2) is 29.4 Å². The molecule has 2 rings (SSSR count). The minimum atomic E-state index is 0.0659. The minimum absolute atomic E-state index is 0.0659. The van der Waals surface area contributed by atoms with E-state index in [1.807, 2.05) is 35.5 Å². The topological polar surface area (TPSA) is 35.8 Å². The van der Waals surface area contributed by atoms with Gasteiger partial charge in [0.1, 0.15) is 0 Å². The maximum atomic E-state index is 9.10. The summed E-state index contributed by atoms with van der Waals surface area (Å²) < 4.78 is 0. The van der Waals surface area contributed by atoms with E-state index in [2.05, 4.69) is 5.10 Å². The van der Waals surface area contributed by atoms with Crippen molar-refractivity contribution in [3.8, 4) is 0 Å². The summed E-state index contributed by atoms with van der Waals surface area (Å²) in [6.45, 7) is 0.114. The first-order valence-corrected chi connectivity index (χ1v) is 4.87. The molecule has 1 aliphatic heterocycles. The number of rotatable bonds is 2. The highest BCUT2D eigenvalue weighted by atomic mass is 35.5. The van der Waals surface area contributed by atoms with Crippen LogP contribution in [0, 0.1) is 0 Å². The van der Waals surface area contributed by atoms with Crippen LogP contribution in [0.25, 0.3) is 0 Å². The van der Waals surface area contributed by atoms with E-state index in [-0.39, 0.29) is 12.6 Å². The molecule has 14 heavy (non-hydrogen) atoms. The van der Waals surface area contributed by atoms with Gasteiger partial charge in [0.15, 0.2) is 0 Å². The highest BCUT2D eigenvalue weighted by Gasteiger charge is 2.20. The lowest BCUT2D eigenvalue weighted by Gasteiger charge is -2.21. The van der Waals surface area contributed by atoms with Gasteiger partial charge in [-0.05, 0) is 24.3 Å². The molecule has 0 aromatic heterocycles. The molecule has 3 nitrogen and oxygen atoms in total. The Labute approximate surface area is 87.6 Å². The van der Waals surface area contributed by atoms with Crippen molar-refractivity contribution in [3.63, 3.8) is 0 Å². The molecule has 0 bridgehead atoms. The molecule has 1 aromatic carbocycles. The lowest BCUT2D eigenvalue weighted by molar-refractivity contribution is 0.267. The van der Waals surface area contributed by atoms with Crippen LogP contribution in [0.2, 0.25) is 5.02 Å². The van der Waals surface area contributed by atoms with Gasteiger partial charge in [0.25, 0.3) is 0 Å². The third kappa shape index (κ3) is 1.74. The second-order valence-electron chi connectivity index (χ2n) is 3.19. The van der Waals surface area contributed by atoms with E-state index in [0.29, 0.717) is 5.02 Å². The molecule has 1 N–H and O–H groups in total. The normalized spacial score (nSPS) is 20.4. The van der Waals surface area contributed by atoms with Crippen molar-refractivity contribution >= 4 is 23.5 Å². The second kappa shape index (κ2) is 3.98. The zero-order chi connectivity index (χ0) is 9.97. The molecule has 0 fully saturated rings. The summed E-state index contributed by atoms with van der Waals surface area (Å²) >= 11 is 5.78. The smallest absolute Gasteiger partial charge is 0.0806 e. The standard InChI is InChI=1S/C10H11ClN2O/c11-8-1-3-9(4-2-8)13-10(7-14)5-6-12-13/h1-4,6,10,14H,5,7H2. The van der Waals surface area contributed by atoms with Crippen LogP contribution >= 0.6 is 11.6 Å². The van der Waals surface area contributed by atoms with Crippen LogP contribution in [-0.4, -0.2) is 24.0 Å². The number of aliphatic hydroxyl groups excluding tert-OH is 1. The number of hydrazone groups is 1. The van der Waals surface area contributed by atoms with E-state index >= 15 is 0 Å². The van der Waals surface area contributed by atoms with E-state index in [1.165, 1.54) is 0 Å². The minimum Gasteiger partial charge on any atom is -0.394 e. The number of hydrogen-bond donors (Lipinski definition) is 1.